The Morgan fingerprint density at radius 1 is 0.917 bits per heavy atom. The summed E-state index contributed by atoms with van der Waals surface area (Å²) >= 11 is 12.2. The maximum atomic E-state index is 13.3. The quantitative estimate of drug-likeness (QED) is 0.287. The molecule has 0 saturated carbocycles. The van der Waals surface area contributed by atoms with Gasteiger partial charge in [-0.15, -0.1) is 0 Å². The van der Waals surface area contributed by atoms with Crippen molar-refractivity contribution in [2.45, 2.75) is 20.0 Å². The first-order valence-electron chi connectivity index (χ1n) is 11.2. The molecule has 4 amide bonds. The van der Waals surface area contributed by atoms with Gasteiger partial charge in [0.1, 0.15) is 23.7 Å². The first kappa shape index (κ1) is 25.3. The van der Waals surface area contributed by atoms with Crippen molar-refractivity contribution in [3.05, 3.63) is 93.5 Å². The van der Waals surface area contributed by atoms with E-state index >= 15 is 0 Å². The molecule has 0 aromatic heterocycles. The number of carbonyl (C=O) groups excluding carboxylic acids is 3. The summed E-state index contributed by atoms with van der Waals surface area (Å²) in [7, 11) is 0. The zero-order valence-electron chi connectivity index (χ0n) is 19.3. The lowest BCUT2D eigenvalue weighted by Gasteiger charge is -2.26. The summed E-state index contributed by atoms with van der Waals surface area (Å²) in [5, 5.41) is 3.18. The molecule has 3 aromatic carbocycles. The van der Waals surface area contributed by atoms with Gasteiger partial charge in [0.05, 0.1) is 12.3 Å². The SMILES string of the molecule is CCCOc1ccc(N2C(=O)NC(=O)/C(=C/c3cc(Cl)ccc3OCc3cccc(Cl)c3)C2=O)cc1. The Balaban J connectivity index is 1.62. The molecule has 9 heteroatoms. The van der Waals surface area contributed by atoms with E-state index in [9.17, 15) is 14.4 Å². The fourth-order valence-corrected chi connectivity index (χ4v) is 3.90. The number of benzene rings is 3. The van der Waals surface area contributed by atoms with Crippen molar-refractivity contribution >= 4 is 52.8 Å². The molecule has 0 radical (unpaired) electrons. The van der Waals surface area contributed by atoms with E-state index in [-0.39, 0.29) is 12.2 Å². The van der Waals surface area contributed by atoms with E-state index in [4.69, 9.17) is 32.7 Å². The number of rotatable bonds is 8. The molecule has 184 valence electrons. The third-order valence-corrected chi connectivity index (χ3v) is 5.69. The Morgan fingerprint density at radius 2 is 1.67 bits per heavy atom. The van der Waals surface area contributed by atoms with Gasteiger partial charge < -0.3 is 9.47 Å². The van der Waals surface area contributed by atoms with Crippen LogP contribution >= 0.6 is 23.2 Å². The number of nitrogens with one attached hydrogen (secondary N) is 1. The van der Waals surface area contributed by atoms with Gasteiger partial charge in [-0.25, -0.2) is 9.69 Å². The predicted molar refractivity (Wildman–Crippen MR) is 138 cm³/mol. The van der Waals surface area contributed by atoms with Gasteiger partial charge >= 0.3 is 6.03 Å². The number of ether oxygens (including phenoxy) is 2. The van der Waals surface area contributed by atoms with E-state index < -0.39 is 17.8 Å². The summed E-state index contributed by atoms with van der Waals surface area (Å²) < 4.78 is 11.5. The van der Waals surface area contributed by atoms with Crippen LogP contribution in [0.5, 0.6) is 11.5 Å². The highest BCUT2D eigenvalue weighted by Crippen LogP contribution is 2.29. The van der Waals surface area contributed by atoms with Crippen molar-refractivity contribution in [3.8, 4) is 11.5 Å². The number of carbonyl (C=O) groups is 3. The molecule has 0 spiro atoms. The molecule has 1 saturated heterocycles. The van der Waals surface area contributed by atoms with Gasteiger partial charge in [0.25, 0.3) is 11.8 Å². The predicted octanol–water partition coefficient (Wildman–Crippen LogP) is 6.03. The van der Waals surface area contributed by atoms with Crippen molar-refractivity contribution < 1.29 is 23.9 Å². The summed E-state index contributed by atoms with van der Waals surface area (Å²) in [6.07, 6.45) is 2.20. The summed E-state index contributed by atoms with van der Waals surface area (Å²) in [6, 6.07) is 17.7. The van der Waals surface area contributed by atoms with E-state index in [0.29, 0.717) is 39.4 Å². The van der Waals surface area contributed by atoms with E-state index in [1.807, 2.05) is 19.1 Å². The number of imide groups is 2. The molecule has 1 aliphatic rings. The highest BCUT2D eigenvalue weighted by molar-refractivity contribution is 6.39. The molecule has 0 unspecified atom stereocenters. The van der Waals surface area contributed by atoms with Crippen LogP contribution in [0, 0.1) is 0 Å². The molecule has 36 heavy (non-hydrogen) atoms. The molecule has 3 aromatic rings. The lowest BCUT2D eigenvalue weighted by molar-refractivity contribution is -0.122. The second-order valence-electron chi connectivity index (χ2n) is 7.90. The summed E-state index contributed by atoms with van der Waals surface area (Å²) in [5.74, 6) is -0.581. The van der Waals surface area contributed by atoms with Crippen LogP contribution in [0.15, 0.2) is 72.3 Å². The van der Waals surface area contributed by atoms with E-state index in [2.05, 4.69) is 5.32 Å². The summed E-state index contributed by atoms with van der Waals surface area (Å²) in [5.41, 5.74) is 1.30. The van der Waals surface area contributed by atoms with Crippen LogP contribution in [-0.4, -0.2) is 24.5 Å². The van der Waals surface area contributed by atoms with Crippen molar-refractivity contribution in [2.75, 3.05) is 11.5 Å². The topological polar surface area (TPSA) is 84.9 Å². The lowest BCUT2D eigenvalue weighted by Crippen LogP contribution is -2.54. The third kappa shape index (κ3) is 5.87. The molecule has 0 bridgehead atoms. The van der Waals surface area contributed by atoms with E-state index in [0.717, 1.165) is 16.9 Å². The Kier molecular flexibility index (Phi) is 7.93. The van der Waals surface area contributed by atoms with Crippen LogP contribution in [0.3, 0.4) is 0 Å². The number of barbiturate groups is 1. The van der Waals surface area contributed by atoms with Crippen LogP contribution in [0.2, 0.25) is 10.0 Å². The first-order chi connectivity index (χ1) is 17.4. The minimum absolute atomic E-state index is 0.204. The smallest absolute Gasteiger partial charge is 0.335 e. The standard InChI is InChI=1S/C27H22Cl2N2O5/c1-2-12-35-22-9-7-21(8-10-22)31-26(33)23(25(32)30-27(31)34)15-18-14-20(29)6-11-24(18)36-16-17-4-3-5-19(28)13-17/h3-11,13-15H,2,12,16H2,1H3,(H,30,32,34)/b23-15-. The lowest BCUT2D eigenvalue weighted by atomic mass is 10.1. The van der Waals surface area contributed by atoms with Crippen LogP contribution in [0.25, 0.3) is 6.08 Å². The zero-order valence-corrected chi connectivity index (χ0v) is 20.8. The molecule has 1 N–H and O–H groups in total. The highest BCUT2D eigenvalue weighted by atomic mass is 35.5. The van der Waals surface area contributed by atoms with Crippen molar-refractivity contribution in [3.63, 3.8) is 0 Å². The maximum absolute atomic E-state index is 13.3. The normalized spacial score (nSPS) is 14.7. The minimum Gasteiger partial charge on any atom is -0.494 e. The molecule has 0 atom stereocenters. The van der Waals surface area contributed by atoms with Gasteiger partial charge in [-0.2, -0.15) is 0 Å². The van der Waals surface area contributed by atoms with Gasteiger partial charge in [0.2, 0.25) is 0 Å². The van der Waals surface area contributed by atoms with Crippen LogP contribution in [0.4, 0.5) is 10.5 Å². The molecule has 4 rings (SSSR count). The summed E-state index contributed by atoms with van der Waals surface area (Å²) in [6.45, 7) is 2.74. The Labute approximate surface area is 218 Å². The summed E-state index contributed by atoms with van der Waals surface area (Å²) in [4.78, 5) is 39.3. The van der Waals surface area contributed by atoms with Crippen LogP contribution in [-0.2, 0) is 16.2 Å². The molecule has 7 nitrogen and oxygen atoms in total. The van der Waals surface area contributed by atoms with Crippen LogP contribution < -0.4 is 19.7 Å². The molecule has 0 aliphatic carbocycles. The van der Waals surface area contributed by atoms with Crippen molar-refractivity contribution in [1.82, 2.24) is 5.32 Å². The van der Waals surface area contributed by atoms with Gasteiger partial charge in [0, 0.05) is 15.6 Å². The van der Waals surface area contributed by atoms with Crippen molar-refractivity contribution in [1.29, 1.82) is 0 Å². The number of anilines is 1. The van der Waals surface area contributed by atoms with Crippen LogP contribution in [0.1, 0.15) is 24.5 Å². The molecule has 1 aliphatic heterocycles. The number of nitrogens with zero attached hydrogens (tertiary/aromatic N) is 1. The maximum Gasteiger partial charge on any atom is 0.335 e. The second-order valence-corrected chi connectivity index (χ2v) is 8.77. The fourth-order valence-electron chi connectivity index (χ4n) is 3.51. The number of urea groups is 1. The number of amides is 4. The molecular formula is C27H22Cl2N2O5. The monoisotopic (exact) mass is 524 g/mol. The van der Waals surface area contributed by atoms with Crippen molar-refractivity contribution in [2.24, 2.45) is 0 Å². The highest BCUT2D eigenvalue weighted by Gasteiger charge is 2.37. The minimum atomic E-state index is -0.840. The Hall–Kier alpha value is -3.81. The van der Waals surface area contributed by atoms with Gasteiger partial charge in [0.15, 0.2) is 0 Å². The zero-order chi connectivity index (χ0) is 25.7. The van der Waals surface area contributed by atoms with Gasteiger partial charge in [-0.3, -0.25) is 14.9 Å². The van der Waals surface area contributed by atoms with Gasteiger partial charge in [-0.1, -0.05) is 42.3 Å². The average Bonchev–Trinajstić information content (AvgIpc) is 2.85. The van der Waals surface area contributed by atoms with E-state index in [1.165, 1.54) is 6.08 Å². The average molecular weight is 525 g/mol. The number of hydrogen-bond acceptors (Lipinski definition) is 5. The fraction of sp³-hybridized carbons (Fsp3) is 0.148. The molecule has 1 fully saturated rings. The first-order valence-corrected chi connectivity index (χ1v) is 11.9. The second kappa shape index (κ2) is 11.3. The van der Waals surface area contributed by atoms with Gasteiger partial charge in [-0.05, 0) is 72.7 Å². The molecular weight excluding hydrogens is 503 g/mol. The third-order valence-electron chi connectivity index (χ3n) is 5.22. The Morgan fingerprint density at radius 3 is 2.39 bits per heavy atom. The number of halogens is 2. The number of hydrogen-bond donors (Lipinski definition) is 1. The largest absolute Gasteiger partial charge is 0.494 e. The van der Waals surface area contributed by atoms with E-state index in [1.54, 1.807) is 54.6 Å². The Bertz CT molecular complexity index is 1340. The molecule has 1 heterocycles.